The number of rotatable bonds is 6. The zero-order valence-electron chi connectivity index (χ0n) is 12.5. The summed E-state index contributed by atoms with van der Waals surface area (Å²) in [4.78, 5) is 22.6. The van der Waals surface area contributed by atoms with E-state index in [4.69, 9.17) is 0 Å². The van der Waals surface area contributed by atoms with Crippen LogP contribution in [0.2, 0.25) is 0 Å². The molecule has 0 saturated carbocycles. The van der Waals surface area contributed by atoms with Gasteiger partial charge in [-0.05, 0) is 32.4 Å². The Kier molecular flexibility index (Phi) is 4.90. The lowest BCUT2D eigenvalue weighted by molar-refractivity contribution is 0.0701. The maximum Gasteiger partial charge on any atom is 0.347 e. The topological polar surface area (TPSA) is 66.3 Å². The van der Waals surface area contributed by atoms with Crippen LogP contribution in [0.4, 0.5) is 5.13 Å². The zero-order valence-corrected chi connectivity index (χ0v) is 13.3. The Morgan fingerprint density at radius 2 is 2.10 bits per heavy atom. The highest BCUT2D eigenvalue weighted by Crippen LogP contribution is 2.27. The molecule has 2 heterocycles. The molecule has 0 atom stereocenters. The van der Waals surface area contributed by atoms with Crippen molar-refractivity contribution >= 4 is 22.4 Å². The number of anilines is 1. The summed E-state index contributed by atoms with van der Waals surface area (Å²) in [5.41, 5.74) is 2.59. The summed E-state index contributed by atoms with van der Waals surface area (Å²) in [5.74, 6) is -0.902. The van der Waals surface area contributed by atoms with Gasteiger partial charge in [0, 0.05) is 12.2 Å². The van der Waals surface area contributed by atoms with Crippen molar-refractivity contribution in [3.8, 4) is 0 Å². The summed E-state index contributed by atoms with van der Waals surface area (Å²) >= 11 is 1.24. The lowest BCUT2D eigenvalue weighted by atomic mass is 10.3. The summed E-state index contributed by atoms with van der Waals surface area (Å²) in [5, 5.41) is 9.98. The van der Waals surface area contributed by atoms with Crippen molar-refractivity contribution in [2.75, 3.05) is 11.4 Å². The number of aromatic carboxylic acids is 1. The quantitative estimate of drug-likeness (QED) is 0.888. The molecule has 112 valence electrons. The molecule has 0 aliphatic heterocycles. The van der Waals surface area contributed by atoms with Gasteiger partial charge in [0.2, 0.25) is 0 Å². The van der Waals surface area contributed by atoms with E-state index in [-0.39, 0.29) is 0 Å². The third kappa shape index (κ3) is 3.58. The minimum absolute atomic E-state index is 0.336. The van der Waals surface area contributed by atoms with Gasteiger partial charge >= 0.3 is 5.97 Å². The fourth-order valence-corrected chi connectivity index (χ4v) is 3.14. The number of thiazole rings is 1. The van der Waals surface area contributed by atoms with E-state index >= 15 is 0 Å². The van der Waals surface area contributed by atoms with Gasteiger partial charge in [0.15, 0.2) is 5.13 Å². The van der Waals surface area contributed by atoms with Crippen LogP contribution in [0.25, 0.3) is 0 Å². The largest absolute Gasteiger partial charge is 0.477 e. The summed E-state index contributed by atoms with van der Waals surface area (Å²) in [7, 11) is 0. The molecular formula is C15H19N3O2S. The number of carboxylic acid groups (broad SMARTS) is 1. The molecule has 0 radical (unpaired) electrons. The second-order valence-corrected chi connectivity index (χ2v) is 5.69. The van der Waals surface area contributed by atoms with Crippen molar-refractivity contribution in [2.45, 2.75) is 33.7 Å². The summed E-state index contributed by atoms with van der Waals surface area (Å²) in [6.45, 7) is 7.30. The molecule has 0 aromatic carbocycles. The molecule has 6 heteroatoms. The monoisotopic (exact) mass is 305 g/mol. The first kappa shape index (κ1) is 15.4. The van der Waals surface area contributed by atoms with E-state index in [1.54, 1.807) is 0 Å². The van der Waals surface area contributed by atoms with Crippen molar-refractivity contribution < 1.29 is 9.90 Å². The van der Waals surface area contributed by atoms with Gasteiger partial charge in [-0.3, -0.25) is 4.98 Å². The van der Waals surface area contributed by atoms with Gasteiger partial charge in [0.25, 0.3) is 0 Å². The SMILES string of the molecule is CCc1nc(N(CC)Cc2cccc(C)n2)sc1C(=O)O. The van der Waals surface area contributed by atoms with Gasteiger partial charge in [-0.25, -0.2) is 9.78 Å². The Morgan fingerprint density at radius 3 is 2.62 bits per heavy atom. The molecule has 0 spiro atoms. The normalized spacial score (nSPS) is 10.6. The van der Waals surface area contributed by atoms with Gasteiger partial charge in [-0.1, -0.05) is 24.3 Å². The Hall–Kier alpha value is -1.95. The molecule has 0 fully saturated rings. The van der Waals surface area contributed by atoms with Crippen LogP contribution in [0.1, 0.15) is 40.6 Å². The molecular weight excluding hydrogens is 286 g/mol. The van der Waals surface area contributed by atoms with Crippen LogP contribution in [0.3, 0.4) is 0 Å². The summed E-state index contributed by atoms with van der Waals surface area (Å²) < 4.78 is 0. The summed E-state index contributed by atoms with van der Waals surface area (Å²) in [6.07, 6.45) is 0.623. The molecule has 1 N–H and O–H groups in total. The van der Waals surface area contributed by atoms with Crippen molar-refractivity contribution in [1.29, 1.82) is 0 Å². The van der Waals surface area contributed by atoms with Gasteiger partial charge in [0.05, 0.1) is 17.9 Å². The average Bonchev–Trinajstić information content (AvgIpc) is 2.89. The van der Waals surface area contributed by atoms with E-state index in [1.807, 2.05) is 39.0 Å². The third-order valence-electron chi connectivity index (χ3n) is 3.17. The molecule has 0 aliphatic rings. The van der Waals surface area contributed by atoms with Crippen LogP contribution in [0.5, 0.6) is 0 Å². The summed E-state index contributed by atoms with van der Waals surface area (Å²) in [6, 6.07) is 5.91. The standard InChI is InChI=1S/C15H19N3O2S/c1-4-12-13(14(19)20)21-15(17-12)18(5-2)9-11-8-6-7-10(3)16-11/h6-8H,4-5,9H2,1-3H3,(H,19,20). The fraction of sp³-hybridized carbons (Fsp3) is 0.400. The smallest absolute Gasteiger partial charge is 0.347 e. The van der Waals surface area contributed by atoms with Crippen LogP contribution in [-0.2, 0) is 13.0 Å². The van der Waals surface area contributed by atoms with Crippen LogP contribution >= 0.6 is 11.3 Å². The molecule has 0 saturated heterocycles. The predicted molar refractivity (Wildman–Crippen MR) is 84.1 cm³/mol. The molecule has 21 heavy (non-hydrogen) atoms. The van der Waals surface area contributed by atoms with Crippen molar-refractivity contribution in [1.82, 2.24) is 9.97 Å². The molecule has 0 amide bonds. The van der Waals surface area contributed by atoms with E-state index in [2.05, 4.69) is 14.9 Å². The van der Waals surface area contributed by atoms with Crippen LogP contribution < -0.4 is 4.90 Å². The average molecular weight is 305 g/mol. The number of aromatic nitrogens is 2. The number of carbonyl (C=O) groups is 1. The number of aryl methyl sites for hydroxylation is 2. The van der Waals surface area contributed by atoms with Crippen molar-refractivity contribution in [2.24, 2.45) is 0 Å². The molecule has 5 nitrogen and oxygen atoms in total. The fourth-order valence-electron chi connectivity index (χ4n) is 2.08. The third-order valence-corrected chi connectivity index (χ3v) is 4.31. The van der Waals surface area contributed by atoms with Crippen LogP contribution in [-0.4, -0.2) is 27.6 Å². The molecule has 0 aliphatic carbocycles. The number of carboxylic acids is 1. The molecule has 0 unspecified atom stereocenters. The number of pyridine rings is 1. The maximum atomic E-state index is 11.2. The Bertz CT molecular complexity index is 640. The number of hydrogen-bond acceptors (Lipinski definition) is 5. The van der Waals surface area contributed by atoms with Crippen molar-refractivity contribution in [3.63, 3.8) is 0 Å². The minimum atomic E-state index is -0.902. The van der Waals surface area contributed by atoms with E-state index in [1.165, 1.54) is 11.3 Å². The highest BCUT2D eigenvalue weighted by atomic mass is 32.1. The van der Waals surface area contributed by atoms with Gasteiger partial charge in [-0.15, -0.1) is 0 Å². The minimum Gasteiger partial charge on any atom is -0.477 e. The van der Waals surface area contributed by atoms with E-state index < -0.39 is 5.97 Å². The van der Waals surface area contributed by atoms with E-state index in [0.29, 0.717) is 23.5 Å². The number of hydrogen-bond donors (Lipinski definition) is 1. The predicted octanol–water partition coefficient (Wildman–Crippen LogP) is 3.13. The second kappa shape index (κ2) is 6.67. The molecule has 0 bridgehead atoms. The first-order chi connectivity index (χ1) is 10.0. The molecule has 2 rings (SSSR count). The number of nitrogens with zero attached hydrogens (tertiary/aromatic N) is 3. The van der Waals surface area contributed by atoms with Crippen LogP contribution in [0.15, 0.2) is 18.2 Å². The van der Waals surface area contributed by atoms with Gasteiger partial charge < -0.3 is 10.0 Å². The first-order valence-corrected chi connectivity index (χ1v) is 7.77. The second-order valence-electron chi connectivity index (χ2n) is 4.72. The highest BCUT2D eigenvalue weighted by Gasteiger charge is 2.19. The van der Waals surface area contributed by atoms with Gasteiger partial charge in [-0.2, -0.15) is 0 Å². The first-order valence-electron chi connectivity index (χ1n) is 6.95. The highest BCUT2D eigenvalue weighted by molar-refractivity contribution is 7.17. The maximum absolute atomic E-state index is 11.2. The lowest BCUT2D eigenvalue weighted by Gasteiger charge is -2.19. The Balaban J connectivity index is 2.27. The van der Waals surface area contributed by atoms with E-state index in [0.717, 1.165) is 23.1 Å². The van der Waals surface area contributed by atoms with Crippen LogP contribution in [0, 0.1) is 6.92 Å². The van der Waals surface area contributed by atoms with E-state index in [9.17, 15) is 9.90 Å². The Morgan fingerprint density at radius 1 is 1.33 bits per heavy atom. The Labute approximate surface area is 128 Å². The molecule has 2 aromatic heterocycles. The van der Waals surface area contributed by atoms with Crippen molar-refractivity contribution in [3.05, 3.63) is 40.2 Å². The lowest BCUT2D eigenvalue weighted by Crippen LogP contribution is -2.22. The zero-order chi connectivity index (χ0) is 15.4. The van der Waals surface area contributed by atoms with Gasteiger partial charge in [0.1, 0.15) is 4.88 Å². The molecule has 2 aromatic rings.